The molecule has 0 saturated heterocycles. The van der Waals surface area contributed by atoms with Crippen molar-refractivity contribution < 1.29 is 8.42 Å². The average Bonchev–Trinajstić information content (AvgIpc) is 2.28. The van der Waals surface area contributed by atoms with Crippen LogP contribution in [-0.4, -0.2) is 15.0 Å². The third-order valence-electron chi connectivity index (χ3n) is 2.17. The molecule has 0 fully saturated rings. The van der Waals surface area contributed by atoms with E-state index in [0.29, 0.717) is 11.4 Å². The number of halogens is 1. The minimum Gasteiger partial charge on any atom is -0.207 e. The molecular weight excluding hydrogens is 302 g/mol. The summed E-state index contributed by atoms with van der Waals surface area (Å²) in [5.41, 5.74) is 2.13. The Morgan fingerprint density at radius 3 is 2.35 bits per heavy atom. The number of alkyl halides is 1. The second-order valence-electron chi connectivity index (χ2n) is 3.91. The number of nitrogens with one attached hydrogen (secondary N) is 1. The Morgan fingerprint density at radius 1 is 1.29 bits per heavy atom. The maximum Gasteiger partial charge on any atom is 0.240 e. The van der Waals surface area contributed by atoms with Gasteiger partial charge in [-0.15, -0.1) is 0 Å². The van der Waals surface area contributed by atoms with Crippen LogP contribution >= 0.6 is 15.9 Å². The van der Waals surface area contributed by atoms with Crippen molar-refractivity contribution in [3.05, 3.63) is 41.5 Å². The smallest absolute Gasteiger partial charge is 0.207 e. The molecule has 0 atom stereocenters. The molecule has 0 radical (unpaired) electrons. The molecule has 0 bridgehead atoms. The summed E-state index contributed by atoms with van der Waals surface area (Å²) in [6, 6.07) is 6.82. The highest BCUT2D eigenvalue weighted by Crippen LogP contribution is 2.12. The van der Waals surface area contributed by atoms with Crippen molar-refractivity contribution in [3.63, 3.8) is 0 Å². The SMILES string of the molecule is CC(C)=CCNS(=O)(=O)c1ccc(CBr)cc1. The fraction of sp³-hybridized carbons (Fsp3) is 0.333. The van der Waals surface area contributed by atoms with Gasteiger partial charge in [0.25, 0.3) is 0 Å². The Labute approximate surface area is 111 Å². The van der Waals surface area contributed by atoms with Crippen molar-refractivity contribution in [1.29, 1.82) is 0 Å². The summed E-state index contributed by atoms with van der Waals surface area (Å²) < 4.78 is 26.3. The van der Waals surface area contributed by atoms with Gasteiger partial charge in [0.2, 0.25) is 10.0 Å². The third-order valence-corrected chi connectivity index (χ3v) is 4.26. The van der Waals surface area contributed by atoms with Crippen LogP contribution in [0.25, 0.3) is 0 Å². The Kier molecular flexibility index (Phi) is 5.36. The Hall–Kier alpha value is -0.650. The molecule has 0 spiro atoms. The van der Waals surface area contributed by atoms with Gasteiger partial charge in [-0.1, -0.05) is 39.7 Å². The second kappa shape index (κ2) is 6.33. The standard InChI is InChI=1S/C12H16BrNO2S/c1-10(2)7-8-14-17(15,16)12-5-3-11(9-13)4-6-12/h3-7,14H,8-9H2,1-2H3. The molecule has 0 amide bonds. The first-order valence-corrected chi connectivity index (χ1v) is 7.84. The van der Waals surface area contributed by atoms with Crippen LogP contribution in [0.3, 0.4) is 0 Å². The second-order valence-corrected chi connectivity index (χ2v) is 6.24. The van der Waals surface area contributed by atoms with Gasteiger partial charge in [-0.05, 0) is 31.5 Å². The van der Waals surface area contributed by atoms with Crippen LogP contribution in [0, 0.1) is 0 Å². The van der Waals surface area contributed by atoms with Gasteiger partial charge in [-0.3, -0.25) is 0 Å². The van der Waals surface area contributed by atoms with E-state index in [4.69, 9.17) is 0 Å². The van der Waals surface area contributed by atoms with Gasteiger partial charge < -0.3 is 0 Å². The molecule has 17 heavy (non-hydrogen) atoms. The van der Waals surface area contributed by atoms with Crippen LogP contribution in [0.1, 0.15) is 19.4 Å². The number of hydrogen-bond acceptors (Lipinski definition) is 2. The monoisotopic (exact) mass is 317 g/mol. The number of sulfonamides is 1. The first kappa shape index (κ1) is 14.4. The highest BCUT2D eigenvalue weighted by molar-refractivity contribution is 9.08. The van der Waals surface area contributed by atoms with E-state index in [1.165, 1.54) is 0 Å². The molecule has 5 heteroatoms. The molecule has 0 unspecified atom stereocenters. The van der Waals surface area contributed by atoms with Crippen molar-refractivity contribution >= 4 is 26.0 Å². The van der Waals surface area contributed by atoms with Crippen molar-refractivity contribution in [2.24, 2.45) is 0 Å². The maximum absolute atomic E-state index is 11.9. The zero-order valence-corrected chi connectivity index (χ0v) is 12.3. The first-order chi connectivity index (χ1) is 7.95. The van der Waals surface area contributed by atoms with Crippen LogP contribution in [0.15, 0.2) is 40.8 Å². The number of hydrogen-bond donors (Lipinski definition) is 1. The van der Waals surface area contributed by atoms with Gasteiger partial charge in [0.1, 0.15) is 0 Å². The van der Waals surface area contributed by atoms with Gasteiger partial charge in [0, 0.05) is 11.9 Å². The quantitative estimate of drug-likeness (QED) is 0.670. The number of allylic oxidation sites excluding steroid dienone is 1. The lowest BCUT2D eigenvalue weighted by Gasteiger charge is -2.05. The molecular formula is C12H16BrNO2S. The van der Waals surface area contributed by atoms with Crippen molar-refractivity contribution in [3.8, 4) is 0 Å². The summed E-state index contributed by atoms with van der Waals surface area (Å²) in [7, 11) is -3.39. The molecule has 0 heterocycles. The van der Waals surface area contributed by atoms with E-state index in [1.54, 1.807) is 24.3 Å². The number of benzene rings is 1. The van der Waals surface area contributed by atoms with Crippen LogP contribution in [-0.2, 0) is 15.4 Å². The molecule has 0 aliphatic heterocycles. The van der Waals surface area contributed by atoms with Gasteiger partial charge in [-0.25, -0.2) is 13.1 Å². The molecule has 94 valence electrons. The Balaban J connectivity index is 2.79. The van der Waals surface area contributed by atoms with Crippen LogP contribution in [0.2, 0.25) is 0 Å². The van der Waals surface area contributed by atoms with Gasteiger partial charge in [0.15, 0.2) is 0 Å². The zero-order valence-electron chi connectivity index (χ0n) is 9.90. The molecule has 0 aromatic heterocycles. The van der Waals surface area contributed by atoms with E-state index in [1.807, 2.05) is 19.9 Å². The van der Waals surface area contributed by atoms with Gasteiger partial charge >= 0.3 is 0 Å². The van der Waals surface area contributed by atoms with Crippen molar-refractivity contribution in [2.75, 3.05) is 6.54 Å². The molecule has 0 saturated carbocycles. The van der Waals surface area contributed by atoms with E-state index in [2.05, 4.69) is 20.7 Å². The van der Waals surface area contributed by atoms with Crippen molar-refractivity contribution in [2.45, 2.75) is 24.1 Å². The summed E-state index contributed by atoms with van der Waals surface area (Å²) in [5.74, 6) is 0. The number of rotatable bonds is 5. The van der Waals surface area contributed by atoms with Crippen molar-refractivity contribution in [1.82, 2.24) is 4.72 Å². The van der Waals surface area contributed by atoms with E-state index < -0.39 is 10.0 Å². The summed E-state index contributed by atoms with van der Waals surface area (Å²) in [4.78, 5) is 0.296. The predicted molar refractivity (Wildman–Crippen MR) is 73.7 cm³/mol. The Bertz CT molecular complexity index is 488. The molecule has 1 rings (SSSR count). The lowest BCUT2D eigenvalue weighted by atomic mass is 10.2. The summed E-state index contributed by atoms with van der Waals surface area (Å²) in [6.45, 7) is 4.18. The lowest BCUT2D eigenvalue weighted by molar-refractivity contribution is 0.585. The van der Waals surface area contributed by atoms with Crippen LogP contribution in [0.5, 0.6) is 0 Å². The molecule has 0 aliphatic carbocycles. The predicted octanol–water partition coefficient (Wildman–Crippen LogP) is 2.83. The topological polar surface area (TPSA) is 46.2 Å². The fourth-order valence-electron chi connectivity index (χ4n) is 1.20. The Morgan fingerprint density at radius 2 is 1.88 bits per heavy atom. The van der Waals surface area contributed by atoms with Crippen LogP contribution < -0.4 is 4.72 Å². The highest BCUT2D eigenvalue weighted by atomic mass is 79.9. The lowest BCUT2D eigenvalue weighted by Crippen LogP contribution is -2.23. The van der Waals surface area contributed by atoms with Crippen LogP contribution in [0.4, 0.5) is 0 Å². The zero-order chi connectivity index (χ0) is 12.9. The minimum atomic E-state index is -3.39. The molecule has 0 aliphatic rings. The third kappa shape index (κ3) is 4.61. The first-order valence-electron chi connectivity index (χ1n) is 5.23. The van der Waals surface area contributed by atoms with Gasteiger partial charge in [0.05, 0.1) is 4.90 Å². The molecule has 1 aromatic carbocycles. The molecule has 1 aromatic rings. The fourth-order valence-corrected chi connectivity index (χ4v) is 2.53. The van der Waals surface area contributed by atoms with Gasteiger partial charge in [-0.2, -0.15) is 0 Å². The minimum absolute atomic E-state index is 0.296. The summed E-state index contributed by atoms with van der Waals surface area (Å²) in [6.07, 6.45) is 1.84. The summed E-state index contributed by atoms with van der Waals surface area (Å²) in [5, 5.41) is 0.721. The van der Waals surface area contributed by atoms with E-state index in [9.17, 15) is 8.42 Å². The molecule has 1 N–H and O–H groups in total. The van der Waals surface area contributed by atoms with E-state index in [-0.39, 0.29) is 0 Å². The van der Waals surface area contributed by atoms with E-state index in [0.717, 1.165) is 16.5 Å². The highest BCUT2D eigenvalue weighted by Gasteiger charge is 2.11. The van der Waals surface area contributed by atoms with E-state index >= 15 is 0 Å². The largest absolute Gasteiger partial charge is 0.240 e. The molecule has 3 nitrogen and oxygen atoms in total. The summed E-state index contributed by atoms with van der Waals surface area (Å²) >= 11 is 3.32. The average molecular weight is 318 g/mol. The normalized spacial score (nSPS) is 11.2. The maximum atomic E-state index is 11.9.